The highest BCUT2D eigenvalue weighted by atomic mass is 32.2. The molecule has 0 saturated carbocycles. The molecule has 0 radical (unpaired) electrons. The minimum atomic E-state index is -1.73. The van der Waals surface area contributed by atoms with E-state index >= 15 is 0 Å². The van der Waals surface area contributed by atoms with Gasteiger partial charge in [0, 0.05) is 40.5 Å². The highest BCUT2D eigenvalue weighted by molar-refractivity contribution is 8.01. The molecule has 178 valence electrons. The molecule has 2 aromatic carbocycles. The van der Waals surface area contributed by atoms with Gasteiger partial charge in [-0.05, 0) is 48.8 Å². The summed E-state index contributed by atoms with van der Waals surface area (Å²) >= 11 is 2.44. The molecule has 0 amide bonds. The van der Waals surface area contributed by atoms with Crippen molar-refractivity contribution in [3.05, 3.63) is 91.0 Å². The highest BCUT2D eigenvalue weighted by Crippen LogP contribution is 2.40. The summed E-state index contributed by atoms with van der Waals surface area (Å²) in [5.41, 5.74) is 0.0412. The summed E-state index contributed by atoms with van der Waals surface area (Å²) in [5, 5.41) is 15.1. The number of aromatic nitrogens is 7. The first-order valence-electron chi connectivity index (χ1n) is 10.5. The van der Waals surface area contributed by atoms with Gasteiger partial charge in [0.25, 0.3) is 0 Å². The maximum atomic E-state index is 14.7. The van der Waals surface area contributed by atoms with Crippen molar-refractivity contribution in [1.82, 2.24) is 33.7 Å². The van der Waals surface area contributed by atoms with E-state index in [9.17, 15) is 13.9 Å². The average Bonchev–Trinajstić information content (AvgIpc) is 3.62. The van der Waals surface area contributed by atoms with Gasteiger partial charge in [-0.1, -0.05) is 17.8 Å². The van der Waals surface area contributed by atoms with Crippen LogP contribution in [0.25, 0.3) is 17.1 Å². The normalized spacial score (nSPS) is 14.1. The molecule has 3 heterocycles. The molecule has 0 fully saturated rings. The van der Waals surface area contributed by atoms with Crippen LogP contribution in [0, 0.1) is 11.6 Å². The third-order valence-electron chi connectivity index (χ3n) is 5.55. The number of halogens is 2. The zero-order chi connectivity index (χ0) is 24.4. The zero-order valence-electron chi connectivity index (χ0n) is 18.4. The molecule has 12 heteroatoms. The third kappa shape index (κ3) is 4.85. The van der Waals surface area contributed by atoms with Crippen molar-refractivity contribution in [3.63, 3.8) is 0 Å². The minimum Gasteiger partial charge on any atom is -0.382 e. The first-order chi connectivity index (χ1) is 16.9. The summed E-state index contributed by atoms with van der Waals surface area (Å²) in [6.07, 6.45) is 8.05. The van der Waals surface area contributed by atoms with Crippen molar-refractivity contribution in [2.45, 2.75) is 28.7 Å². The Morgan fingerprint density at radius 1 is 1.11 bits per heavy atom. The van der Waals surface area contributed by atoms with Crippen LogP contribution in [-0.4, -0.2) is 44.0 Å². The Hall–Kier alpha value is -3.48. The molecule has 2 atom stereocenters. The van der Waals surface area contributed by atoms with Crippen LogP contribution in [0.2, 0.25) is 0 Å². The summed E-state index contributed by atoms with van der Waals surface area (Å²) in [4.78, 5) is 12.5. The van der Waals surface area contributed by atoms with Gasteiger partial charge in [-0.15, -0.1) is 0 Å². The summed E-state index contributed by atoms with van der Waals surface area (Å²) in [7, 11) is 0. The summed E-state index contributed by atoms with van der Waals surface area (Å²) in [5.74, 6) is -1.01. The van der Waals surface area contributed by atoms with E-state index in [0.717, 1.165) is 23.4 Å². The van der Waals surface area contributed by atoms with Crippen LogP contribution in [0.4, 0.5) is 8.78 Å². The number of hydrogen-bond donors (Lipinski definition) is 1. The molecule has 1 N–H and O–H groups in total. The monoisotopic (exact) mass is 511 g/mol. The topological polar surface area (TPSA) is 94.5 Å². The Morgan fingerprint density at radius 2 is 1.94 bits per heavy atom. The Morgan fingerprint density at radius 3 is 2.63 bits per heavy atom. The molecule has 35 heavy (non-hydrogen) atoms. The van der Waals surface area contributed by atoms with Crippen molar-refractivity contribution in [3.8, 4) is 17.1 Å². The van der Waals surface area contributed by atoms with E-state index in [0.29, 0.717) is 10.2 Å². The lowest BCUT2D eigenvalue weighted by atomic mass is 9.90. The second-order valence-corrected chi connectivity index (χ2v) is 10.1. The first kappa shape index (κ1) is 23.3. The molecular formula is C23H19F2N7OS2. The van der Waals surface area contributed by atoms with Crippen molar-refractivity contribution in [1.29, 1.82) is 0 Å². The van der Waals surface area contributed by atoms with Crippen LogP contribution >= 0.6 is 23.3 Å². The fourth-order valence-corrected chi connectivity index (χ4v) is 5.65. The van der Waals surface area contributed by atoms with E-state index < -0.39 is 22.5 Å². The maximum absolute atomic E-state index is 14.7. The van der Waals surface area contributed by atoms with E-state index in [2.05, 4.69) is 24.4 Å². The predicted molar refractivity (Wildman–Crippen MR) is 128 cm³/mol. The molecular weight excluding hydrogens is 492 g/mol. The number of rotatable bonds is 8. The minimum absolute atomic E-state index is 0.0331. The molecule has 0 saturated heterocycles. The van der Waals surface area contributed by atoms with Crippen molar-refractivity contribution in [2.75, 3.05) is 0 Å². The molecule has 0 unspecified atom stereocenters. The van der Waals surface area contributed by atoms with Crippen LogP contribution in [0.1, 0.15) is 12.5 Å². The number of aliphatic hydroxyl groups is 1. The van der Waals surface area contributed by atoms with E-state index in [4.69, 9.17) is 0 Å². The van der Waals surface area contributed by atoms with Gasteiger partial charge in [0.2, 0.25) is 0 Å². The lowest BCUT2D eigenvalue weighted by molar-refractivity contribution is 0.0133. The Kier molecular flexibility index (Phi) is 6.41. The van der Waals surface area contributed by atoms with E-state index in [1.165, 1.54) is 46.7 Å². The number of benzene rings is 2. The molecule has 0 spiro atoms. The Bertz CT molecular complexity index is 1410. The third-order valence-corrected chi connectivity index (χ3v) is 7.61. The molecule has 5 rings (SSSR count). The predicted octanol–water partition coefficient (Wildman–Crippen LogP) is 4.33. The van der Waals surface area contributed by atoms with Gasteiger partial charge >= 0.3 is 0 Å². The smallest absolute Gasteiger partial charge is 0.174 e. The number of hydrogen-bond acceptors (Lipinski definition) is 8. The van der Waals surface area contributed by atoms with E-state index in [1.807, 2.05) is 35.0 Å². The van der Waals surface area contributed by atoms with Gasteiger partial charge in [0.15, 0.2) is 10.2 Å². The SMILES string of the molecule is C[C@@H](Sc1nc(-c2ccc(-n3ccnc3)cc2)ns1)[C@](O)(Cn1cncn1)c1ccc(F)cc1F. The Labute approximate surface area is 207 Å². The second kappa shape index (κ2) is 9.64. The standard InChI is InChI=1S/C23H19F2N7OS2/c1-15(23(33,11-32-14-27-12-28-32)19-7-4-17(24)10-20(19)25)34-22-29-21(30-35-22)16-2-5-18(6-3-16)31-9-8-26-13-31/h2-10,12-15,33H,11H2,1H3/t15-,23-/m1/s1. The molecule has 0 aliphatic heterocycles. The summed E-state index contributed by atoms with van der Waals surface area (Å²) < 4.78 is 36.7. The fraction of sp³-hybridized carbons (Fsp3) is 0.174. The van der Waals surface area contributed by atoms with Gasteiger partial charge < -0.3 is 9.67 Å². The van der Waals surface area contributed by atoms with Gasteiger partial charge in [-0.2, -0.15) is 9.47 Å². The lowest BCUT2D eigenvalue weighted by Crippen LogP contribution is -2.41. The number of nitrogens with zero attached hydrogens (tertiary/aromatic N) is 7. The number of thioether (sulfide) groups is 1. The largest absolute Gasteiger partial charge is 0.382 e. The average molecular weight is 512 g/mol. The Balaban J connectivity index is 1.39. The first-order valence-corrected chi connectivity index (χ1v) is 12.2. The quantitative estimate of drug-likeness (QED) is 0.310. The number of imidazole rings is 1. The van der Waals surface area contributed by atoms with Crippen LogP contribution in [0.15, 0.2) is 78.2 Å². The van der Waals surface area contributed by atoms with E-state index in [1.54, 1.807) is 19.4 Å². The molecule has 0 aliphatic rings. The summed E-state index contributed by atoms with van der Waals surface area (Å²) in [6, 6.07) is 10.9. The zero-order valence-corrected chi connectivity index (χ0v) is 20.0. The molecule has 0 aliphatic carbocycles. The van der Waals surface area contributed by atoms with Gasteiger partial charge in [-0.25, -0.2) is 28.4 Å². The summed E-state index contributed by atoms with van der Waals surface area (Å²) in [6.45, 7) is 1.68. The van der Waals surface area contributed by atoms with Gasteiger partial charge in [0.1, 0.15) is 29.9 Å². The van der Waals surface area contributed by atoms with Gasteiger partial charge in [-0.3, -0.25) is 0 Å². The van der Waals surface area contributed by atoms with Crippen molar-refractivity contribution >= 4 is 23.3 Å². The maximum Gasteiger partial charge on any atom is 0.174 e. The molecule has 8 nitrogen and oxygen atoms in total. The highest BCUT2D eigenvalue weighted by Gasteiger charge is 2.40. The molecule has 3 aromatic heterocycles. The van der Waals surface area contributed by atoms with Crippen molar-refractivity contribution in [2.24, 2.45) is 0 Å². The second-order valence-electron chi connectivity index (χ2n) is 7.80. The van der Waals surface area contributed by atoms with E-state index in [-0.39, 0.29) is 12.1 Å². The molecule has 5 aromatic rings. The van der Waals surface area contributed by atoms with Crippen LogP contribution < -0.4 is 0 Å². The fourth-order valence-electron chi connectivity index (χ4n) is 3.65. The van der Waals surface area contributed by atoms with Crippen LogP contribution in [0.5, 0.6) is 0 Å². The van der Waals surface area contributed by atoms with Crippen LogP contribution in [0.3, 0.4) is 0 Å². The lowest BCUT2D eigenvalue weighted by Gasteiger charge is -2.33. The van der Waals surface area contributed by atoms with Gasteiger partial charge in [0.05, 0.1) is 12.9 Å². The molecule has 0 bridgehead atoms. The van der Waals surface area contributed by atoms with Crippen LogP contribution in [-0.2, 0) is 12.1 Å². The van der Waals surface area contributed by atoms with Crippen molar-refractivity contribution < 1.29 is 13.9 Å².